The standard InChI is InChI=1S/C13H20N2O2/c16-11-8-14-12(17)13(6-2-1-3-7-13)15(11)9-10-4-5-10/h10H,1-9H2,(H,14,17). The van der Waals surface area contributed by atoms with Crippen LogP contribution in [0.1, 0.15) is 44.9 Å². The number of rotatable bonds is 2. The van der Waals surface area contributed by atoms with Crippen molar-refractivity contribution in [3.63, 3.8) is 0 Å². The third kappa shape index (κ3) is 1.83. The molecule has 1 aliphatic heterocycles. The van der Waals surface area contributed by atoms with Gasteiger partial charge in [0, 0.05) is 6.54 Å². The molecule has 4 heteroatoms. The molecule has 94 valence electrons. The van der Waals surface area contributed by atoms with Crippen LogP contribution in [0.25, 0.3) is 0 Å². The van der Waals surface area contributed by atoms with Crippen molar-refractivity contribution in [3.8, 4) is 0 Å². The first-order valence-electron chi connectivity index (χ1n) is 6.81. The second-order valence-electron chi connectivity index (χ2n) is 5.72. The zero-order chi connectivity index (χ0) is 11.9. The summed E-state index contributed by atoms with van der Waals surface area (Å²) in [5.41, 5.74) is -0.490. The number of carbonyl (C=O) groups excluding carboxylic acids is 2. The molecule has 1 heterocycles. The minimum Gasteiger partial charge on any atom is -0.345 e. The van der Waals surface area contributed by atoms with E-state index in [1.165, 1.54) is 19.3 Å². The predicted octanol–water partition coefficient (Wildman–Crippen LogP) is 1.06. The summed E-state index contributed by atoms with van der Waals surface area (Å²) >= 11 is 0. The van der Waals surface area contributed by atoms with Gasteiger partial charge in [-0.1, -0.05) is 19.3 Å². The molecule has 2 aliphatic carbocycles. The van der Waals surface area contributed by atoms with Crippen LogP contribution < -0.4 is 5.32 Å². The van der Waals surface area contributed by atoms with Crippen molar-refractivity contribution in [2.24, 2.45) is 5.92 Å². The SMILES string of the molecule is O=C1CNC(=O)C2(CCCCC2)N1CC1CC1. The van der Waals surface area contributed by atoms with Gasteiger partial charge in [-0.25, -0.2) is 0 Å². The maximum atomic E-state index is 12.2. The van der Waals surface area contributed by atoms with Gasteiger partial charge >= 0.3 is 0 Å². The lowest BCUT2D eigenvalue weighted by Crippen LogP contribution is -2.68. The molecule has 0 aromatic heterocycles. The van der Waals surface area contributed by atoms with Gasteiger partial charge in [-0.2, -0.15) is 0 Å². The lowest BCUT2D eigenvalue weighted by molar-refractivity contribution is -0.156. The minimum absolute atomic E-state index is 0.0949. The van der Waals surface area contributed by atoms with E-state index >= 15 is 0 Å². The van der Waals surface area contributed by atoms with E-state index in [1.54, 1.807) is 0 Å². The van der Waals surface area contributed by atoms with Crippen molar-refractivity contribution in [1.82, 2.24) is 10.2 Å². The van der Waals surface area contributed by atoms with E-state index < -0.39 is 5.54 Å². The Morgan fingerprint density at radius 2 is 1.88 bits per heavy atom. The summed E-state index contributed by atoms with van der Waals surface area (Å²) in [7, 11) is 0. The first-order valence-corrected chi connectivity index (χ1v) is 6.81. The molecule has 2 amide bonds. The summed E-state index contributed by atoms with van der Waals surface area (Å²) in [6.07, 6.45) is 7.50. The van der Waals surface area contributed by atoms with Crippen molar-refractivity contribution in [2.75, 3.05) is 13.1 Å². The van der Waals surface area contributed by atoms with E-state index in [4.69, 9.17) is 0 Å². The average Bonchev–Trinajstić information content (AvgIpc) is 3.15. The van der Waals surface area contributed by atoms with Crippen LogP contribution in [0.4, 0.5) is 0 Å². The summed E-state index contributed by atoms with van der Waals surface area (Å²) in [6, 6.07) is 0. The molecule has 3 fully saturated rings. The molecule has 1 saturated heterocycles. The third-order valence-corrected chi connectivity index (χ3v) is 4.46. The highest BCUT2D eigenvalue weighted by atomic mass is 16.2. The molecule has 1 spiro atoms. The van der Waals surface area contributed by atoms with Crippen LogP contribution >= 0.6 is 0 Å². The fraction of sp³-hybridized carbons (Fsp3) is 0.846. The summed E-state index contributed by atoms with van der Waals surface area (Å²) in [5, 5.41) is 2.79. The molecule has 4 nitrogen and oxygen atoms in total. The molecule has 2 saturated carbocycles. The summed E-state index contributed by atoms with van der Waals surface area (Å²) in [6.45, 7) is 1.01. The van der Waals surface area contributed by atoms with Crippen LogP contribution in [-0.4, -0.2) is 35.3 Å². The molecule has 0 atom stereocenters. The largest absolute Gasteiger partial charge is 0.345 e. The summed E-state index contributed by atoms with van der Waals surface area (Å²) < 4.78 is 0. The fourth-order valence-electron chi connectivity index (χ4n) is 3.25. The van der Waals surface area contributed by atoms with Crippen molar-refractivity contribution in [1.29, 1.82) is 0 Å². The second-order valence-corrected chi connectivity index (χ2v) is 5.72. The Labute approximate surface area is 102 Å². The Balaban J connectivity index is 1.86. The predicted molar refractivity (Wildman–Crippen MR) is 63.3 cm³/mol. The molecule has 3 aliphatic rings. The zero-order valence-corrected chi connectivity index (χ0v) is 10.2. The number of hydrogen-bond acceptors (Lipinski definition) is 2. The molecule has 0 radical (unpaired) electrons. The van der Waals surface area contributed by atoms with Gasteiger partial charge in [0.1, 0.15) is 5.54 Å². The molecule has 0 aromatic carbocycles. The van der Waals surface area contributed by atoms with Crippen LogP contribution in [0.5, 0.6) is 0 Å². The van der Waals surface area contributed by atoms with Gasteiger partial charge in [0.05, 0.1) is 6.54 Å². The van der Waals surface area contributed by atoms with Gasteiger partial charge in [-0.3, -0.25) is 9.59 Å². The van der Waals surface area contributed by atoms with E-state index in [-0.39, 0.29) is 18.4 Å². The molecule has 0 bridgehead atoms. The highest BCUT2D eigenvalue weighted by Crippen LogP contribution is 2.39. The van der Waals surface area contributed by atoms with E-state index in [2.05, 4.69) is 5.32 Å². The van der Waals surface area contributed by atoms with Crippen molar-refractivity contribution in [2.45, 2.75) is 50.5 Å². The van der Waals surface area contributed by atoms with Gasteiger partial charge in [-0.15, -0.1) is 0 Å². The monoisotopic (exact) mass is 236 g/mol. The maximum absolute atomic E-state index is 12.2. The Kier molecular flexibility index (Phi) is 2.60. The third-order valence-electron chi connectivity index (χ3n) is 4.46. The number of amides is 2. The van der Waals surface area contributed by atoms with E-state index in [0.717, 1.165) is 32.2 Å². The molecule has 3 rings (SSSR count). The molecule has 0 aromatic rings. The van der Waals surface area contributed by atoms with Crippen molar-refractivity contribution in [3.05, 3.63) is 0 Å². The van der Waals surface area contributed by atoms with Crippen LogP contribution in [0.15, 0.2) is 0 Å². The van der Waals surface area contributed by atoms with E-state index in [9.17, 15) is 9.59 Å². The van der Waals surface area contributed by atoms with Gasteiger partial charge in [-0.05, 0) is 31.6 Å². The molecule has 17 heavy (non-hydrogen) atoms. The van der Waals surface area contributed by atoms with E-state index in [0.29, 0.717) is 5.92 Å². The molecule has 0 unspecified atom stereocenters. The Morgan fingerprint density at radius 3 is 2.53 bits per heavy atom. The minimum atomic E-state index is -0.490. The first-order chi connectivity index (χ1) is 8.22. The number of nitrogens with zero attached hydrogens (tertiary/aromatic N) is 1. The maximum Gasteiger partial charge on any atom is 0.246 e. The first kappa shape index (κ1) is 11.1. The van der Waals surface area contributed by atoms with Gasteiger partial charge in [0.15, 0.2) is 0 Å². The fourth-order valence-corrected chi connectivity index (χ4v) is 3.25. The lowest BCUT2D eigenvalue weighted by Gasteiger charge is -2.48. The molecular formula is C13H20N2O2. The Bertz CT molecular complexity index is 343. The van der Waals surface area contributed by atoms with Crippen LogP contribution in [0, 0.1) is 5.92 Å². The highest BCUT2D eigenvalue weighted by Gasteiger charge is 2.50. The molecule has 1 N–H and O–H groups in total. The summed E-state index contributed by atoms with van der Waals surface area (Å²) in [4.78, 5) is 26.2. The smallest absolute Gasteiger partial charge is 0.246 e. The van der Waals surface area contributed by atoms with Crippen LogP contribution in [-0.2, 0) is 9.59 Å². The quantitative estimate of drug-likeness (QED) is 0.779. The zero-order valence-electron chi connectivity index (χ0n) is 10.2. The van der Waals surface area contributed by atoms with Crippen molar-refractivity contribution < 1.29 is 9.59 Å². The van der Waals surface area contributed by atoms with Crippen LogP contribution in [0.3, 0.4) is 0 Å². The lowest BCUT2D eigenvalue weighted by atomic mass is 9.78. The van der Waals surface area contributed by atoms with Gasteiger partial charge in [0.25, 0.3) is 0 Å². The molecular weight excluding hydrogens is 216 g/mol. The van der Waals surface area contributed by atoms with Crippen LogP contribution in [0.2, 0.25) is 0 Å². The van der Waals surface area contributed by atoms with Gasteiger partial charge in [0.2, 0.25) is 11.8 Å². The van der Waals surface area contributed by atoms with Crippen molar-refractivity contribution >= 4 is 11.8 Å². The number of hydrogen-bond donors (Lipinski definition) is 1. The number of nitrogens with one attached hydrogen (secondary N) is 1. The Hall–Kier alpha value is -1.06. The van der Waals surface area contributed by atoms with Gasteiger partial charge < -0.3 is 10.2 Å². The topological polar surface area (TPSA) is 49.4 Å². The Morgan fingerprint density at radius 1 is 1.18 bits per heavy atom. The second kappa shape index (κ2) is 4.00. The number of carbonyl (C=O) groups is 2. The van der Waals surface area contributed by atoms with E-state index in [1.807, 2.05) is 4.90 Å². The number of piperazine rings is 1. The average molecular weight is 236 g/mol. The normalized spacial score (nSPS) is 28.4. The summed E-state index contributed by atoms with van der Waals surface area (Å²) in [5.74, 6) is 0.875. The highest BCUT2D eigenvalue weighted by molar-refractivity contribution is 5.98.